The van der Waals surface area contributed by atoms with Gasteiger partial charge in [0.15, 0.2) is 0 Å². The Morgan fingerprint density at radius 3 is 2.90 bits per heavy atom. The molecule has 4 nitrogen and oxygen atoms in total. The highest BCUT2D eigenvalue weighted by molar-refractivity contribution is 6.31. The van der Waals surface area contributed by atoms with Gasteiger partial charge in [-0.3, -0.25) is 0 Å². The first-order valence-corrected chi connectivity index (χ1v) is 6.96. The summed E-state index contributed by atoms with van der Waals surface area (Å²) in [5.74, 6) is -1.06. The van der Waals surface area contributed by atoms with E-state index in [9.17, 15) is 9.18 Å². The van der Waals surface area contributed by atoms with Crippen LogP contribution in [0.3, 0.4) is 0 Å². The zero-order valence-corrected chi connectivity index (χ0v) is 12.4. The first kappa shape index (κ1) is 15.4. The van der Waals surface area contributed by atoms with Crippen LogP contribution >= 0.6 is 11.6 Å². The second-order valence-corrected chi connectivity index (χ2v) is 5.04. The number of carbonyl (C=O) groups excluding carboxylic acids is 1. The number of aryl methyl sites for hydroxylation is 1. The molecule has 0 amide bonds. The van der Waals surface area contributed by atoms with Gasteiger partial charge in [-0.1, -0.05) is 24.6 Å². The van der Waals surface area contributed by atoms with E-state index in [0.717, 1.165) is 6.42 Å². The van der Waals surface area contributed by atoms with Crippen LogP contribution in [0, 0.1) is 5.82 Å². The van der Waals surface area contributed by atoms with Gasteiger partial charge < -0.3 is 15.0 Å². The fourth-order valence-electron chi connectivity index (χ4n) is 2.01. The lowest BCUT2D eigenvalue weighted by Crippen LogP contribution is -2.12. The SMILES string of the molecule is CCCn1cc(N)cc1C(=O)OCc1c(F)cccc1Cl. The number of anilines is 1. The number of nitrogens with zero attached hydrogens (tertiary/aromatic N) is 1. The van der Waals surface area contributed by atoms with Gasteiger partial charge in [0.2, 0.25) is 0 Å². The van der Waals surface area contributed by atoms with Gasteiger partial charge in [-0.25, -0.2) is 9.18 Å². The summed E-state index contributed by atoms with van der Waals surface area (Å²) in [6, 6.07) is 5.86. The predicted molar refractivity (Wildman–Crippen MR) is 79.7 cm³/mol. The summed E-state index contributed by atoms with van der Waals surface area (Å²) < 4.78 is 20.5. The number of nitrogens with two attached hydrogens (primary N) is 1. The number of hydrogen-bond acceptors (Lipinski definition) is 3. The van der Waals surface area contributed by atoms with Crippen LogP contribution in [0.1, 0.15) is 29.4 Å². The highest BCUT2D eigenvalue weighted by Gasteiger charge is 2.16. The Morgan fingerprint density at radius 1 is 1.48 bits per heavy atom. The van der Waals surface area contributed by atoms with Gasteiger partial charge in [0, 0.05) is 18.3 Å². The first-order chi connectivity index (χ1) is 10.0. The molecule has 0 bridgehead atoms. The molecule has 0 saturated heterocycles. The van der Waals surface area contributed by atoms with Crippen LogP contribution in [0.4, 0.5) is 10.1 Å². The quantitative estimate of drug-likeness (QED) is 0.858. The third-order valence-corrected chi connectivity index (χ3v) is 3.35. The van der Waals surface area contributed by atoms with Crippen molar-refractivity contribution in [3.63, 3.8) is 0 Å². The molecule has 6 heteroatoms. The molecule has 1 heterocycles. The summed E-state index contributed by atoms with van der Waals surface area (Å²) in [5.41, 5.74) is 6.69. The van der Waals surface area contributed by atoms with Gasteiger partial charge in [0.25, 0.3) is 0 Å². The topological polar surface area (TPSA) is 57.2 Å². The summed E-state index contributed by atoms with van der Waals surface area (Å²) in [7, 11) is 0. The van der Waals surface area contributed by atoms with Gasteiger partial charge in [-0.15, -0.1) is 0 Å². The van der Waals surface area contributed by atoms with Crippen molar-refractivity contribution in [2.75, 3.05) is 5.73 Å². The molecular weight excluding hydrogens is 295 g/mol. The van der Waals surface area contributed by atoms with Gasteiger partial charge >= 0.3 is 5.97 Å². The lowest BCUT2D eigenvalue weighted by Gasteiger charge is -2.09. The summed E-state index contributed by atoms with van der Waals surface area (Å²) >= 11 is 5.89. The van der Waals surface area contributed by atoms with E-state index in [0.29, 0.717) is 17.9 Å². The van der Waals surface area contributed by atoms with E-state index in [2.05, 4.69) is 0 Å². The Balaban J connectivity index is 2.12. The maximum Gasteiger partial charge on any atom is 0.355 e. The van der Waals surface area contributed by atoms with Crippen molar-refractivity contribution in [2.24, 2.45) is 0 Å². The van der Waals surface area contributed by atoms with Crippen LogP contribution in [0.15, 0.2) is 30.5 Å². The number of benzene rings is 1. The minimum Gasteiger partial charge on any atom is -0.456 e. The molecule has 0 unspecified atom stereocenters. The zero-order valence-electron chi connectivity index (χ0n) is 11.6. The Kier molecular flexibility index (Phi) is 4.85. The number of aromatic nitrogens is 1. The first-order valence-electron chi connectivity index (χ1n) is 6.58. The van der Waals surface area contributed by atoms with Crippen LogP contribution in [0.2, 0.25) is 5.02 Å². The molecule has 0 aliphatic carbocycles. The number of nitrogen functional groups attached to an aromatic ring is 1. The molecule has 0 atom stereocenters. The number of halogens is 2. The van der Waals surface area contributed by atoms with Gasteiger partial charge in [-0.05, 0) is 24.6 Å². The maximum absolute atomic E-state index is 13.6. The Hall–Kier alpha value is -2.01. The summed E-state index contributed by atoms with van der Waals surface area (Å²) in [6.45, 7) is 2.42. The number of esters is 1. The van der Waals surface area contributed by atoms with Crippen molar-refractivity contribution in [1.82, 2.24) is 4.57 Å². The standard InChI is InChI=1S/C15H16ClFN2O2/c1-2-6-19-8-10(18)7-14(19)15(20)21-9-11-12(16)4-3-5-13(11)17/h3-5,7-8H,2,6,9,18H2,1H3. The van der Waals surface area contributed by atoms with Crippen LogP contribution in [0.5, 0.6) is 0 Å². The molecule has 0 saturated carbocycles. The normalized spacial score (nSPS) is 10.6. The van der Waals surface area contributed by atoms with Gasteiger partial charge in [0.1, 0.15) is 18.1 Å². The maximum atomic E-state index is 13.6. The molecule has 0 radical (unpaired) electrons. The largest absolute Gasteiger partial charge is 0.456 e. The van der Waals surface area contributed by atoms with E-state index in [-0.39, 0.29) is 17.2 Å². The zero-order chi connectivity index (χ0) is 15.4. The van der Waals surface area contributed by atoms with Gasteiger partial charge in [0.05, 0.1) is 10.7 Å². The molecule has 21 heavy (non-hydrogen) atoms. The molecule has 0 aliphatic rings. The number of ether oxygens (including phenoxy) is 1. The van der Waals surface area contributed by atoms with E-state index in [1.807, 2.05) is 6.92 Å². The number of hydrogen-bond donors (Lipinski definition) is 1. The molecule has 0 spiro atoms. The van der Waals surface area contributed by atoms with E-state index >= 15 is 0 Å². The van der Waals surface area contributed by atoms with E-state index in [1.165, 1.54) is 12.1 Å². The van der Waals surface area contributed by atoms with Gasteiger partial charge in [-0.2, -0.15) is 0 Å². The Morgan fingerprint density at radius 2 is 2.24 bits per heavy atom. The summed E-state index contributed by atoms with van der Waals surface area (Å²) in [4.78, 5) is 12.1. The predicted octanol–water partition coefficient (Wildman–Crippen LogP) is 3.63. The van der Waals surface area contributed by atoms with Crippen molar-refractivity contribution < 1.29 is 13.9 Å². The minimum absolute atomic E-state index is 0.161. The van der Waals surface area contributed by atoms with E-state index < -0.39 is 11.8 Å². The monoisotopic (exact) mass is 310 g/mol. The van der Waals surface area contributed by atoms with E-state index in [1.54, 1.807) is 22.9 Å². The van der Waals surface area contributed by atoms with Crippen molar-refractivity contribution in [3.8, 4) is 0 Å². The Bertz CT molecular complexity index is 635. The molecule has 0 aliphatic heterocycles. The second-order valence-electron chi connectivity index (χ2n) is 4.63. The number of rotatable bonds is 5. The van der Waals surface area contributed by atoms with Crippen molar-refractivity contribution in [1.29, 1.82) is 0 Å². The molecule has 1 aromatic carbocycles. The van der Waals surface area contributed by atoms with Crippen molar-refractivity contribution in [2.45, 2.75) is 26.5 Å². The van der Waals surface area contributed by atoms with Crippen molar-refractivity contribution in [3.05, 3.63) is 52.6 Å². The number of carbonyl (C=O) groups is 1. The fraction of sp³-hybridized carbons (Fsp3) is 0.267. The third-order valence-electron chi connectivity index (χ3n) is 3.00. The molecular formula is C15H16ClFN2O2. The summed E-state index contributed by atoms with van der Waals surface area (Å²) in [6.07, 6.45) is 2.53. The van der Waals surface area contributed by atoms with Crippen molar-refractivity contribution >= 4 is 23.3 Å². The van der Waals surface area contributed by atoms with Crippen LogP contribution < -0.4 is 5.73 Å². The molecule has 2 rings (SSSR count). The fourth-order valence-corrected chi connectivity index (χ4v) is 2.23. The summed E-state index contributed by atoms with van der Waals surface area (Å²) in [5, 5.41) is 0.228. The molecule has 2 N–H and O–H groups in total. The third kappa shape index (κ3) is 3.55. The lowest BCUT2D eigenvalue weighted by atomic mass is 10.2. The average molecular weight is 311 g/mol. The Labute approximate surface area is 127 Å². The lowest BCUT2D eigenvalue weighted by molar-refractivity contribution is 0.0456. The van der Waals surface area contributed by atoms with Crippen LogP contribution in [-0.4, -0.2) is 10.5 Å². The molecule has 1 aromatic heterocycles. The molecule has 0 fully saturated rings. The molecule has 2 aromatic rings. The molecule has 112 valence electrons. The van der Waals surface area contributed by atoms with E-state index in [4.69, 9.17) is 22.1 Å². The minimum atomic E-state index is -0.556. The highest BCUT2D eigenvalue weighted by Crippen LogP contribution is 2.21. The smallest absolute Gasteiger partial charge is 0.355 e. The van der Waals surface area contributed by atoms with Crippen LogP contribution in [0.25, 0.3) is 0 Å². The average Bonchev–Trinajstić information content (AvgIpc) is 2.79. The highest BCUT2D eigenvalue weighted by atomic mass is 35.5. The second kappa shape index (κ2) is 6.63. The van der Waals surface area contributed by atoms with Crippen LogP contribution in [-0.2, 0) is 17.9 Å².